The molecule has 1 aliphatic rings. The van der Waals surface area contributed by atoms with Gasteiger partial charge in [0, 0.05) is 19.0 Å². The van der Waals surface area contributed by atoms with Crippen molar-refractivity contribution >= 4 is 10.2 Å². The monoisotopic (exact) mass is 442 g/mol. The van der Waals surface area contributed by atoms with E-state index in [2.05, 4.69) is 14.9 Å². The van der Waals surface area contributed by atoms with Crippen molar-refractivity contribution in [3.8, 4) is 0 Å². The third-order valence-corrected chi connectivity index (χ3v) is 7.21. The van der Waals surface area contributed by atoms with Crippen LogP contribution >= 0.6 is 0 Å². The topological polar surface area (TPSA) is 129 Å². The number of β-amino-alcohol motifs (C(OH)–C–C–N with tert-alkyl or cyclic N) is 1. The number of halogens is 1. The highest BCUT2D eigenvalue weighted by Crippen LogP contribution is 2.35. The SMILES string of the molecule is Cc1ccc(F)c([C@@H](C)[C@H](NS(=O)(=O)N2CCC[C@@](C)(O)C2)c2n[nH]c(=O)o2)c1C. The van der Waals surface area contributed by atoms with Gasteiger partial charge in [0.25, 0.3) is 10.2 Å². The second kappa shape index (κ2) is 8.22. The molecule has 1 aromatic carbocycles. The Hall–Kier alpha value is -2.08. The lowest BCUT2D eigenvalue weighted by Crippen LogP contribution is -2.52. The molecule has 166 valence electrons. The maximum Gasteiger partial charge on any atom is 0.434 e. The molecule has 0 saturated carbocycles. The summed E-state index contributed by atoms with van der Waals surface area (Å²) in [5.74, 6) is -2.27. The van der Waals surface area contributed by atoms with Gasteiger partial charge in [-0.05, 0) is 56.4 Å². The summed E-state index contributed by atoms with van der Waals surface area (Å²) >= 11 is 0. The number of H-pyrrole nitrogens is 1. The molecule has 3 atom stereocenters. The Morgan fingerprint density at radius 1 is 1.40 bits per heavy atom. The largest absolute Gasteiger partial charge is 0.434 e. The lowest BCUT2D eigenvalue weighted by atomic mass is 9.88. The predicted octanol–water partition coefficient (Wildman–Crippen LogP) is 1.64. The van der Waals surface area contributed by atoms with Crippen LogP contribution in [-0.4, -0.2) is 46.7 Å². The minimum Gasteiger partial charge on any atom is -0.391 e. The molecular weight excluding hydrogens is 415 g/mol. The molecule has 1 fully saturated rings. The molecule has 1 aromatic heterocycles. The zero-order valence-electron chi connectivity index (χ0n) is 17.4. The molecule has 0 unspecified atom stereocenters. The molecular formula is C19H27FN4O5S. The molecule has 1 saturated heterocycles. The minimum absolute atomic E-state index is 0.0776. The number of benzene rings is 1. The van der Waals surface area contributed by atoms with Crippen LogP contribution in [0.1, 0.15) is 61.2 Å². The molecule has 0 amide bonds. The summed E-state index contributed by atoms with van der Waals surface area (Å²) in [6.45, 7) is 6.94. The maximum atomic E-state index is 14.7. The van der Waals surface area contributed by atoms with Gasteiger partial charge < -0.3 is 9.52 Å². The Balaban J connectivity index is 2.00. The van der Waals surface area contributed by atoms with Crippen LogP contribution in [0.15, 0.2) is 21.3 Å². The molecule has 2 aromatic rings. The standard InChI is InChI=1S/C19H27FN4O5S/c1-11-6-7-14(20)15(12(11)2)13(3)16(17-21-22-18(25)29-17)23-30(27,28)24-9-5-8-19(4,26)10-24/h6-7,13,16,23,26H,5,8-10H2,1-4H3,(H,22,25)/t13-,16+,19-/m1/s1. The number of aromatic amines is 1. The molecule has 2 heterocycles. The Kier molecular flexibility index (Phi) is 6.19. The first-order valence-corrected chi connectivity index (χ1v) is 11.2. The van der Waals surface area contributed by atoms with E-state index >= 15 is 0 Å². The zero-order chi connectivity index (χ0) is 22.3. The number of aromatic nitrogens is 2. The fourth-order valence-corrected chi connectivity index (χ4v) is 5.48. The average Bonchev–Trinajstić information content (AvgIpc) is 3.08. The van der Waals surface area contributed by atoms with E-state index in [4.69, 9.17) is 4.42 Å². The van der Waals surface area contributed by atoms with Crippen LogP contribution < -0.4 is 10.5 Å². The van der Waals surface area contributed by atoms with Crippen molar-refractivity contribution in [2.24, 2.45) is 0 Å². The Labute approximate surface area is 174 Å². The van der Waals surface area contributed by atoms with E-state index in [1.165, 1.54) is 6.07 Å². The average molecular weight is 443 g/mol. The Morgan fingerprint density at radius 3 is 2.70 bits per heavy atom. The number of hydrogen-bond donors (Lipinski definition) is 3. The number of piperidine rings is 1. The summed E-state index contributed by atoms with van der Waals surface area (Å²) in [4.78, 5) is 11.5. The summed E-state index contributed by atoms with van der Waals surface area (Å²) in [7, 11) is -4.10. The molecule has 11 heteroatoms. The van der Waals surface area contributed by atoms with Crippen molar-refractivity contribution < 1.29 is 22.3 Å². The van der Waals surface area contributed by atoms with Crippen molar-refractivity contribution in [1.82, 2.24) is 19.2 Å². The summed E-state index contributed by atoms with van der Waals surface area (Å²) in [6.07, 6.45) is 0.984. The van der Waals surface area contributed by atoms with E-state index < -0.39 is 39.3 Å². The molecule has 3 N–H and O–H groups in total. The van der Waals surface area contributed by atoms with E-state index in [0.29, 0.717) is 24.0 Å². The second-order valence-electron chi connectivity index (χ2n) is 8.18. The number of aliphatic hydroxyl groups is 1. The first kappa shape index (κ1) is 22.6. The Morgan fingerprint density at radius 2 is 2.10 bits per heavy atom. The normalized spacial score (nSPS) is 22.7. The number of hydrogen-bond acceptors (Lipinski definition) is 6. The zero-order valence-corrected chi connectivity index (χ0v) is 18.2. The highest BCUT2D eigenvalue weighted by molar-refractivity contribution is 7.87. The van der Waals surface area contributed by atoms with Crippen LogP contribution in [0.2, 0.25) is 0 Å². The lowest BCUT2D eigenvalue weighted by Gasteiger charge is -2.37. The van der Waals surface area contributed by atoms with Gasteiger partial charge in [-0.1, -0.05) is 13.0 Å². The summed E-state index contributed by atoms with van der Waals surface area (Å²) in [6, 6.07) is 1.82. The van der Waals surface area contributed by atoms with Crippen LogP contribution in [0.5, 0.6) is 0 Å². The van der Waals surface area contributed by atoms with Crippen LogP contribution in [-0.2, 0) is 10.2 Å². The molecule has 0 radical (unpaired) electrons. The van der Waals surface area contributed by atoms with Gasteiger partial charge in [-0.3, -0.25) is 0 Å². The van der Waals surface area contributed by atoms with Crippen LogP contribution in [0, 0.1) is 19.7 Å². The highest BCUT2D eigenvalue weighted by Gasteiger charge is 2.39. The van der Waals surface area contributed by atoms with Gasteiger partial charge in [0.2, 0.25) is 5.89 Å². The van der Waals surface area contributed by atoms with E-state index in [0.717, 1.165) is 9.87 Å². The maximum absolute atomic E-state index is 14.7. The van der Waals surface area contributed by atoms with Crippen LogP contribution in [0.4, 0.5) is 4.39 Å². The van der Waals surface area contributed by atoms with Gasteiger partial charge in [0.1, 0.15) is 11.9 Å². The van der Waals surface area contributed by atoms with Gasteiger partial charge >= 0.3 is 5.76 Å². The van der Waals surface area contributed by atoms with Crippen molar-refractivity contribution in [3.05, 3.63) is 51.1 Å². The van der Waals surface area contributed by atoms with Crippen molar-refractivity contribution in [2.75, 3.05) is 13.1 Å². The smallest absolute Gasteiger partial charge is 0.391 e. The highest BCUT2D eigenvalue weighted by atomic mass is 32.2. The van der Waals surface area contributed by atoms with Gasteiger partial charge in [0.05, 0.1) is 5.60 Å². The fraction of sp³-hybridized carbons (Fsp3) is 0.579. The minimum atomic E-state index is -4.10. The fourth-order valence-electron chi connectivity index (χ4n) is 3.89. The summed E-state index contributed by atoms with van der Waals surface area (Å²) in [5.41, 5.74) is 0.673. The third-order valence-electron chi connectivity index (χ3n) is 5.66. The molecule has 0 spiro atoms. The lowest BCUT2D eigenvalue weighted by molar-refractivity contribution is 0.00890. The van der Waals surface area contributed by atoms with E-state index in [1.807, 2.05) is 6.92 Å². The van der Waals surface area contributed by atoms with Gasteiger partial charge in [-0.15, -0.1) is 5.10 Å². The van der Waals surface area contributed by atoms with Crippen LogP contribution in [0.25, 0.3) is 0 Å². The summed E-state index contributed by atoms with van der Waals surface area (Å²) in [5, 5.41) is 16.2. The Bertz CT molecular complexity index is 1080. The first-order chi connectivity index (χ1) is 13.9. The van der Waals surface area contributed by atoms with E-state index in [9.17, 15) is 22.7 Å². The third kappa shape index (κ3) is 4.64. The second-order valence-corrected chi connectivity index (χ2v) is 9.88. The van der Waals surface area contributed by atoms with Gasteiger partial charge in [0.15, 0.2) is 0 Å². The van der Waals surface area contributed by atoms with E-state index in [1.54, 1.807) is 26.8 Å². The van der Waals surface area contributed by atoms with E-state index in [-0.39, 0.29) is 19.0 Å². The molecule has 3 rings (SSSR count). The molecule has 1 aliphatic heterocycles. The number of rotatable bonds is 6. The molecule has 30 heavy (non-hydrogen) atoms. The molecule has 0 bridgehead atoms. The number of aryl methyl sites for hydroxylation is 1. The number of nitrogens with zero attached hydrogens (tertiary/aromatic N) is 2. The summed E-state index contributed by atoms with van der Waals surface area (Å²) < 4.78 is 49.6. The first-order valence-electron chi connectivity index (χ1n) is 9.72. The molecule has 9 nitrogen and oxygen atoms in total. The van der Waals surface area contributed by atoms with Crippen LogP contribution in [0.3, 0.4) is 0 Å². The number of nitrogens with one attached hydrogen (secondary N) is 2. The van der Waals surface area contributed by atoms with Crippen molar-refractivity contribution in [1.29, 1.82) is 0 Å². The quantitative estimate of drug-likeness (QED) is 0.624. The van der Waals surface area contributed by atoms with Crippen molar-refractivity contribution in [3.63, 3.8) is 0 Å². The van der Waals surface area contributed by atoms with Crippen molar-refractivity contribution in [2.45, 2.75) is 58.1 Å². The predicted molar refractivity (Wildman–Crippen MR) is 108 cm³/mol. The van der Waals surface area contributed by atoms with Gasteiger partial charge in [-0.2, -0.15) is 17.4 Å². The molecule has 0 aliphatic carbocycles. The van der Waals surface area contributed by atoms with Gasteiger partial charge in [-0.25, -0.2) is 14.3 Å².